The average molecular weight is 437 g/mol. The van der Waals surface area contributed by atoms with Crippen molar-refractivity contribution >= 4 is 23.4 Å². The lowest BCUT2D eigenvalue weighted by molar-refractivity contribution is -0.116. The highest BCUT2D eigenvalue weighted by Crippen LogP contribution is 2.26. The van der Waals surface area contributed by atoms with E-state index in [1.165, 1.54) is 11.8 Å². The Morgan fingerprint density at radius 2 is 1.74 bits per heavy atom. The summed E-state index contributed by atoms with van der Waals surface area (Å²) in [6.07, 6.45) is 1.50. The van der Waals surface area contributed by atoms with Gasteiger partial charge < -0.3 is 9.64 Å². The highest BCUT2D eigenvalue weighted by Gasteiger charge is 2.23. The Morgan fingerprint density at radius 3 is 2.35 bits per heavy atom. The molecule has 2 aromatic carbocycles. The number of carbonyl (C=O) groups excluding carboxylic acids is 1. The summed E-state index contributed by atoms with van der Waals surface area (Å²) in [6.45, 7) is 10.3. The van der Waals surface area contributed by atoms with Crippen LogP contribution in [-0.4, -0.2) is 32.5 Å². The van der Waals surface area contributed by atoms with Crippen molar-refractivity contribution in [3.8, 4) is 5.75 Å². The molecule has 0 fully saturated rings. The summed E-state index contributed by atoms with van der Waals surface area (Å²) < 4.78 is 7.96. The molecule has 0 radical (unpaired) electrons. The summed E-state index contributed by atoms with van der Waals surface area (Å²) in [7, 11) is 0. The van der Waals surface area contributed by atoms with Gasteiger partial charge in [-0.1, -0.05) is 54.2 Å². The third kappa shape index (κ3) is 5.76. The zero-order valence-corrected chi connectivity index (χ0v) is 19.0. The van der Waals surface area contributed by atoms with Crippen molar-refractivity contribution in [2.24, 2.45) is 0 Å². The number of rotatable bonds is 10. The van der Waals surface area contributed by atoms with Crippen LogP contribution in [0.1, 0.15) is 32.7 Å². The van der Waals surface area contributed by atoms with Crippen LogP contribution in [0.15, 0.2) is 78.5 Å². The van der Waals surface area contributed by atoms with Crippen LogP contribution in [0.3, 0.4) is 0 Å². The van der Waals surface area contributed by atoms with Gasteiger partial charge in [0.05, 0.1) is 5.75 Å². The molecule has 0 spiro atoms. The number of para-hydroxylation sites is 2. The molecule has 0 saturated carbocycles. The molecule has 1 atom stereocenters. The molecule has 7 heteroatoms. The molecule has 1 heterocycles. The topological polar surface area (TPSA) is 60.2 Å². The lowest BCUT2D eigenvalue weighted by Gasteiger charge is -2.26. The van der Waals surface area contributed by atoms with Gasteiger partial charge in [-0.3, -0.25) is 9.36 Å². The SMILES string of the molecule is C=CCn1c(SCC(=O)N(c2ccccc2)C(C)C)nnc1[C@@H](C)Oc1ccccc1. The lowest BCUT2D eigenvalue weighted by atomic mass is 10.2. The lowest BCUT2D eigenvalue weighted by Crippen LogP contribution is -2.38. The molecule has 0 N–H and O–H groups in total. The van der Waals surface area contributed by atoms with Crippen molar-refractivity contribution < 1.29 is 9.53 Å². The molecule has 6 nitrogen and oxygen atoms in total. The molecule has 31 heavy (non-hydrogen) atoms. The predicted molar refractivity (Wildman–Crippen MR) is 125 cm³/mol. The van der Waals surface area contributed by atoms with Crippen molar-refractivity contribution in [1.29, 1.82) is 0 Å². The molecular weight excluding hydrogens is 408 g/mol. The molecule has 0 unspecified atom stereocenters. The second-order valence-electron chi connectivity index (χ2n) is 7.29. The minimum Gasteiger partial charge on any atom is -0.483 e. The number of anilines is 1. The first-order valence-electron chi connectivity index (χ1n) is 10.3. The van der Waals surface area contributed by atoms with Crippen molar-refractivity contribution in [1.82, 2.24) is 14.8 Å². The van der Waals surface area contributed by atoms with Gasteiger partial charge in [-0.2, -0.15) is 0 Å². The monoisotopic (exact) mass is 436 g/mol. The minimum atomic E-state index is -0.295. The van der Waals surface area contributed by atoms with Gasteiger partial charge in [-0.05, 0) is 45.0 Å². The predicted octanol–water partition coefficient (Wildman–Crippen LogP) is 5.14. The van der Waals surface area contributed by atoms with Gasteiger partial charge in [-0.25, -0.2) is 0 Å². The van der Waals surface area contributed by atoms with E-state index in [1.54, 1.807) is 6.08 Å². The summed E-state index contributed by atoms with van der Waals surface area (Å²) in [5.41, 5.74) is 0.890. The number of thioether (sulfide) groups is 1. The summed E-state index contributed by atoms with van der Waals surface area (Å²) >= 11 is 1.37. The molecule has 0 aliphatic rings. The Balaban J connectivity index is 1.74. The average Bonchev–Trinajstić information content (AvgIpc) is 3.16. The fraction of sp³-hybridized carbons (Fsp3) is 0.292. The van der Waals surface area contributed by atoms with E-state index in [0.29, 0.717) is 17.5 Å². The maximum atomic E-state index is 13.0. The van der Waals surface area contributed by atoms with Crippen molar-refractivity contribution in [3.63, 3.8) is 0 Å². The number of aromatic nitrogens is 3. The summed E-state index contributed by atoms with van der Waals surface area (Å²) in [4.78, 5) is 14.8. The third-order valence-electron chi connectivity index (χ3n) is 4.62. The molecule has 3 aromatic rings. The van der Waals surface area contributed by atoms with Crippen LogP contribution in [0.25, 0.3) is 0 Å². The van der Waals surface area contributed by atoms with Crippen LogP contribution in [0.5, 0.6) is 5.75 Å². The van der Waals surface area contributed by atoms with Crippen molar-refractivity contribution in [2.45, 2.75) is 44.6 Å². The first kappa shape index (κ1) is 22.6. The van der Waals surface area contributed by atoms with Crippen LogP contribution in [0.4, 0.5) is 5.69 Å². The van der Waals surface area contributed by atoms with E-state index in [4.69, 9.17) is 4.74 Å². The summed E-state index contributed by atoms with van der Waals surface area (Å²) in [5, 5.41) is 9.34. The van der Waals surface area contributed by atoms with Gasteiger partial charge in [0, 0.05) is 18.3 Å². The smallest absolute Gasteiger partial charge is 0.237 e. The van der Waals surface area contributed by atoms with E-state index in [2.05, 4.69) is 16.8 Å². The van der Waals surface area contributed by atoms with Crippen molar-refractivity contribution in [2.75, 3.05) is 10.7 Å². The summed E-state index contributed by atoms with van der Waals surface area (Å²) in [5.74, 6) is 1.75. The van der Waals surface area contributed by atoms with E-state index >= 15 is 0 Å². The van der Waals surface area contributed by atoms with Gasteiger partial charge in [0.25, 0.3) is 0 Å². The maximum Gasteiger partial charge on any atom is 0.237 e. The Hall–Kier alpha value is -3.06. The Bertz CT molecular complexity index is 989. The summed E-state index contributed by atoms with van der Waals surface area (Å²) in [6, 6.07) is 19.4. The second kappa shape index (κ2) is 10.8. The van der Waals surface area contributed by atoms with Gasteiger partial charge >= 0.3 is 0 Å². The fourth-order valence-corrected chi connectivity index (χ4v) is 4.09. The number of benzene rings is 2. The Labute approximate surface area is 187 Å². The van der Waals surface area contributed by atoms with E-state index < -0.39 is 0 Å². The number of hydrogen-bond acceptors (Lipinski definition) is 5. The zero-order chi connectivity index (χ0) is 22.2. The molecule has 0 saturated heterocycles. The first-order chi connectivity index (χ1) is 15.0. The number of allylic oxidation sites excluding steroid dienone is 1. The van der Waals surface area contributed by atoms with Crippen LogP contribution in [0.2, 0.25) is 0 Å². The van der Waals surface area contributed by atoms with E-state index in [1.807, 2.05) is 90.9 Å². The molecule has 1 aromatic heterocycles. The molecule has 0 aliphatic heterocycles. The number of carbonyl (C=O) groups is 1. The number of nitrogens with zero attached hydrogens (tertiary/aromatic N) is 4. The fourth-order valence-electron chi connectivity index (χ4n) is 3.28. The first-order valence-corrected chi connectivity index (χ1v) is 11.3. The molecule has 0 aliphatic carbocycles. The maximum absolute atomic E-state index is 13.0. The van der Waals surface area contributed by atoms with Crippen LogP contribution in [-0.2, 0) is 11.3 Å². The highest BCUT2D eigenvalue weighted by molar-refractivity contribution is 7.99. The molecule has 3 rings (SSSR count). The van der Waals surface area contributed by atoms with E-state index in [0.717, 1.165) is 11.4 Å². The Kier molecular flexibility index (Phi) is 7.89. The quantitative estimate of drug-likeness (QED) is 0.325. The largest absolute Gasteiger partial charge is 0.483 e. The minimum absolute atomic E-state index is 0.0227. The van der Waals surface area contributed by atoms with E-state index in [9.17, 15) is 4.79 Å². The van der Waals surface area contributed by atoms with Crippen molar-refractivity contribution in [3.05, 3.63) is 79.1 Å². The standard InChI is InChI=1S/C24H28N4O2S/c1-5-16-27-23(19(4)30-21-14-10-7-11-15-21)25-26-24(27)31-17-22(29)28(18(2)3)20-12-8-6-9-13-20/h5-15,18-19H,1,16-17H2,2-4H3/t19-/m1/s1. The molecular formula is C24H28N4O2S. The molecule has 0 bridgehead atoms. The van der Waals surface area contributed by atoms with Gasteiger partial charge in [0.15, 0.2) is 17.1 Å². The number of hydrogen-bond donors (Lipinski definition) is 0. The zero-order valence-electron chi connectivity index (χ0n) is 18.1. The number of amides is 1. The molecule has 1 amide bonds. The second-order valence-corrected chi connectivity index (χ2v) is 8.24. The van der Waals surface area contributed by atoms with Crippen LogP contribution >= 0.6 is 11.8 Å². The van der Waals surface area contributed by atoms with Crippen LogP contribution < -0.4 is 9.64 Å². The Morgan fingerprint density at radius 1 is 1.10 bits per heavy atom. The van der Waals surface area contributed by atoms with Gasteiger partial charge in [0.2, 0.25) is 5.91 Å². The van der Waals surface area contributed by atoms with Gasteiger partial charge in [-0.15, -0.1) is 16.8 Å². The van der Waals surface area contributed by atoms with E-state index in [-0.39, 0.29) is 23.8 Å². The molecule has 162 valence electrons. The van der Waals surface area contributed by atoms with Gasteiger partial charge in [0.1, 0.15) is 5.75 Å². The normalized spacial score (nSPS) is 11.9. The third-order valence-corrected chi connectivity index (χ3v) is 5.57. The highest BCUT2D eigenvalue weighted by atomic mass is 32.2. The van der Waals surface area contributed by atoms with Crippen LogP contribution in [0, 0.1) is 0 Å². The number of ether oxygens (including phenoxy) is 1.